The lowest BCUT2D eigenvalue weighted by atomic mass is 10.00. The third-order valence-corrected chi connectivity index (χ3v) is 5.28. The first-order valence-corrected chi connectivity index (χ1v) is 9.36. The summed E-state index contributed by atoms with van der Waals surface area (Å²) in [5.74, 6) is -0.640. The number of benzene rings is 2. The van der Waals surface area contributed by atoms with E-state index in [9.17, 15) is 9.18 Å². The number of hydrogen-bond acceptors (Lipinski definition) is 4. The van der Waals surface area contributed by atoms with E-state index in [1.54, 1.807) is 0 Å². The third-order valence-electron chi connectivity index (χ3n) is 4.47. The average molecular weight is 404 g/mol. The number of nitrogens with zero attached hydrogens (tertiary/aromatic N) is 2. The minimum atomic E-state index is -0.360. The lowest BCUT2D eigenvalue weighted by Crippen LogP contribution is -2.30. The maximum Gasteiger partial charge on any atom is 0.257 e. The minimum Gasteiger partial charge on any atom is -0.298 e. The molecule has 1 amide bonds. The second kappa shape index (κ2) is 8.61. The molecule has 0 spiro atoms. The zero-order valence-corrected chi connectivity index (χ0v) is 16.2. The Balaban J connectivity index is 0.00000210. The van der Waals surface area contributed by atoms with Crippen LogP contribution < -0.4 is 5.32 Å². The summed E-state index contributed by atoms with van der Waals surface area (Å²) in [6.45, 7) is 2.69. The Hall–Kier alpha value is -2.28. The van der Waals surface area contributed by atoms with Gasteiger partial charge in [0.05, 0.1) is 5.69 Å². The fourth-order valence-corrected chi connectivity index (χ4v) is 3.82. The Kier molecular flexibility index (Phi) is 6.21. The predicted octanol–water partition coefficient (Wildman–Crippen LogP) is 4.51. The Labute approximate surface area is 167 Å². The molecule has 0 atom stereocenters. The van der Waals surface area contributed by atoms with E-state index in [4.69, 9.17) is 0 Å². The molecular formula is C20H19ClFN3OS. The van der Waals surface area contributed by atoms with Crippen molar-refractivity contribution in [2.45, 2.75) is 19.5 Å². The van der Waals surface area contributed by atoms with Crippen LogP contribution in [0.4, 0.5) is 9.52 Å². The van der Waals surface area contributed by atoms with Crippen LogP contribution >= 0.6 is 23.7 Å². The van der Waals surface area contributed by atoms with Crippen molar-refractivity contribution in [3.8, 4) is 0 Å². The van der Waals surface area contributed by atoms with Crippen LogP contribution in [0.2, 0.25) is 0 Å². The van der Waals surface area contributed by atoms with Gasteiger partial charge in [-0.25, -0.2) is 9.37 Å². The number of carbonyl (C=O) groups is 1. The van der Waals surface area contributed by atoms with Gasteiger partial charge in [-0.3, -0.25) is 15.0 Å². The number of carbonyl (C=O) groups excluding carboxylic acids is 1. The topological polar surface area (TPSA) is 45.2 Å². The van der Waals surface area contributed by atoms with Crippen molar-refractivity contribution in [3.05, 3.63) is 82.1 Å². The first-order valence-electron chi connectivity index (χ1n) is 8.48. The molecule has 27 heavy (non-hydrogen) atoms. The van der Waals surface area contributed by atoms with Crippen LogP contribution in [0.25, 0.3) is 0 Å². The average Bonchev–Trinajstić information content (AvgIpc) is 3.09. The van der Waals surface area contributed by atoms with Crippen molar-refractivity contribution in [2.75, 3.05) is 11.9 Å². The number of aromatic nitrogens is 1. The summed E-state index contributed by atoms with van der Waals surface area (Å²) in [6.07, 6.45) is 1.05. The summed E-state index contributed by atoms with van der Waals surface area (Å²) in [7, 11) is 0. The molecule has 1 N–H and O–H groups in total. The molecule has 0 bridgehead atoms. The molecule has 1 aliphatic rings. The van der Waals surface area contributed by atoms with Gasteiger partial charge in [-0.1, -0.05) is 24.3 Å². The molecule has 3 aromatic rings. The largest absolute Gasteiger partial charge is 0.298 e. The van der Waals surface area contributed by atoms with E-state index in [0.29, 0.717) is 10.7 Å². The standard InChI is InChI=1S/C20H18FN3OS.ClH/c21-17-7-5-15(6-8-17)19(25)23-20-22-18(13-26-20)12-24-10-9-14-3-1-2-4-16(14)11-24;/h1-8,13H,9-12H2,(H,22,23,25);1H. The fraction of sp³-hybridized carbons (Fsp3) is 0.200. The van der Waals surface area contributed by atoms with Gasteiger partial charge < -0.3 is 0 Å². The number of rotatable bonds is 4. The van der Waals surface area contributed by atoms with Crippen LogP contribution in [-0.2, 0) is 19.5 Å². The molecule has 2 aromatic carbocycles. The van der Waals surface area contributed by atoms with Crippen LogP contribution in [0, 0.1) is 5.82 Å². The van der Waals surface area contributed by atoms with E-state index in [2.05, 4.69) is 39.5 Å². The molecule has 0 fully saturated rings. The highest BCUT2D eigenvalue weighted by Crippen LogP contribution is 2.22. The number of anilines is 1. The van der Waals surface area contributed by atoms with E-state index < -0.39 is 0 Å². The number of nitrogens with one attached hydrogen (secondary N) is 1. The molecular weight excluding hydrogens is 385 g/mol. The molecule has 140 valence electrons. The molecule has 0 saturated heterocycles. The van der Waals surface area contributed by atoms with Gasteiger partial charge in [0, 0.05) is 30.6 Å². The van der Waals surface area contributed by atoms with Crippen molar-refractivity contribution in [2.24, 2.45) is 0 Å². The van der Waals surface area contributed by atoms with Crippen molar-refractivity contribution in [3.63, 3.8) is 0 Å². The van der Waals surface area contributed by atoms with Gasteiger partial charge in [-0.2, -0.15) is 0 Å². The van der Waals surface area contributed by atoms with Crippen LogP contribution in [0.15, 0.2) is 53.9 Å². The molecule has 0 aliphatic carbocycles. The summed E-state index contributed by atoms with van der Waals surface area (Å²) < 4.78 is 12.9. The molecule has 7 heteroatoms. The van der Waals surface area contributed by atoms with E-state index in [1.165, 1.54) is 46.7 Å². The smallest absolute Gasteiger partial charge is 0.257 e. The van der Waals surface area contributed by atoms with Crippen molar-refractivity contribution >= 4 is 34.8 Å². The lowest BCUT2D eigenvalue weighted by molar-refractivity contribution is 0.102. The third kappa shape index (κ3) is 4.71. The van der Waals surface area contributed by atoms with Gasteiger partial charge in [-0.05, 0) is 41.8 Å². The van der Waals surface area contributed by atoms with Crippen LogP contribution in [0.3, 0.4) is 0 Å². The van der Waals surface area contributed by atoms with Crippen LogP contribution in [-0.4, -0.2) is 22.3 Å². The van der Waals surface area contributed by atoms with E-state index in [1.807, 2.05) is 5.38 Å². The van der Waals surface area contributed by atoms with Gasteiger partial charge in [-0.15, -0.1) is 23.7 Å². The molecule has 0 saturated carbocycles. The highest BCUT2D eigenvalue weighted by atomic mass is 35.5. The quantitative estimate of drug-likeness (QED) is 0.696. The van der Waals surface area contributed by atoms with E-state index >= 15 is 0 Å². The molecule has 0 unspecified atom stereocenters. The SMILES string of the molecule is Cl.O=C(Nc1nc(CN2CCc3ccccc3C2)cs1)c1ccc(F)cc1. The second-order valence-corrected chi connectivity index (χ2v) is 7.19. The highest BCUT2D eigenvalue weighted by Gasteiger charge is 2.17. The van der Waals surface area contributed by atoms with E-state index in [0.717, 1.165) is 31.7 Å². The summed E-state index contributed by atoms with van der Waals surface area (Å²) in [4.78, 5) is 19.1. The van der Waals surface area contributed by atoms with Gasteiger partial charge in [0.25, 0.3) is 5.91 Å². The monoisotopic (exact) mass is 403 g/mol. The zero-order valence-electron chi connectivity index (χ0n) is 14.5. The molecule has 4 nitrogen and oxygen atoms in total. The second-order valence-electron chi connectivity index (χ2n) is 6.33. The number of fused-ring (bicyclic) bond motifs is 1. The van der Waals surface area contributed by atoms with Gasteiger partial charge in [0.15, 0.2) is 5.13 Å². The first kappa shape index (κ1) is 19.5. The summed E-state index contributed by atoms with van der Waals surface area (Å²) in [6, 6.07) is 14.0. The van der Waals surface area contributed by atoms with Crippen LogP contribution in [0.1, 0.15) is 27.2 Å². The number of thiazole rings is 1. The van der Waals surface area contributed by atoms with Crippen LogP contribution in [0.5, 0.6) is 0 Å². The zero-order chi connectivity index (χ0) is 17.9. The lowest BCUT2D eigenvalue weighted by Gasteiger charge is -2.27. The summed E-state index contributed by atoms with van der Waals surface area (Å²) >= 11 is 1.41. The maximum atomic E-state index is 12.9. The number of hydrogen-bond donors (Lipinski definition) is 1. The molecule has 0 radical (unpaired) electrons. The Morgan fingerprint density at radius 2 is 1.89 bits per heavy atom. The van der Waals surface area contributed by atoms with Crippen molar-refractivity contribution in [1.82, 2.24) is 9.88 Å². The molecule has 1 aromatic heterocycles. The summed E-state index contributed by atoms with van der Waals surface area (Å²) in [5.41, 5.74) is 4.16. The molecule has 1 aliphatic heterocycles. The summed E-state index contributed by atoms with van der Waals surface area (Å²) in [5, 5.41) is 5.31. The number of halogens is 2. The van der Waals surface area contributed by atoms with E-state index in [-0.39, 0.29) is 24.1 Å². The Morgan fingerprint density at radius 1 is 1.15 bits per heavy atom. The minimum absolute atomic E-state index is 0. The molecule has 2 heterocycles. The Bertz CT molecular complexity index is 929. The number of amides is 1. The maximum absolute atomic E-state index is 12.9. The van der Waals surface area contributed by atoms with Gasteiger partial charge >= 0.3 is 0 Å². The van der Waals surface area contributed by atoms with Crippen molar-refractivity contribution in [1.29, 1.82) is 0 Å². The first-order chi connectivity index (χ1) is 12.7. The Morgan fingerprint density at radius 3 is 2.67 bits per heavy atom. The molecule has 4 rings (SSSR count). The highest BCUT2D eigenvalue weighted by molar-refractivity contribution is 7.13. The van der Waals surface area contributed by atoms with Gasteiger partial charge in [0.1, 0.15) is 5.82 Å². The fourth-order valence-electron chi connectivity index (χ4n) is 3.13. The van der Waals surface area contributed by atoms with Crippen molar-refractivity contribution < 1.29 is 9.18 Å². The predicted molar refractivity (Wildman–Crippen MR) is 108 cm³/mol. The normalized spacial score (nSPS) is 13.5. The van der Waals surface area contributed by atoms with Gasteiger partial charge in [0.2, 0.25) is 0 Å².